The van der Waals surface area contributed by atoms with Crippen LogP contribution in [0, 0.1) is 0 Å². The summed E-state index contributed by atoms with van der Waals surface area (Å²) in [5.41, 5.74) is 1.85. The molecule has 100 valence electrons. The number of benzene rings is 1. The fraction of sp³-hybridized carbons (Fsp3) is 0.0769. The van der Waals surface area contributed by atoms with E-state index in [2.05, 4.69) is 19.8 Å². The van der Waals surface area contributed by atoms with Crippen LogP contribution in [-0.2, 0) is 4.74 Å². The van der Waals surface area contributed by atoms with E-state index in [1.165, 1.54) is 13.4 Å². The summed E-state index contributed by atoms with van der Waals surface area (Å²) in [5.74, 6) is -0.382. The van der Waals surface area contributed by atoms with Crippen LogP contribution in [0.15, 0.2) is 36.8 Å². The van der Waals surface area contributed by atoms with Crippen molar-refractivity contribution in [2.24, 2.45) is 0 Å². The first-order valence-electron chi connectivity index (χ1n) is 5.73. The number of fused-ring (bicyclic) bond motifs is 1. The lowest BCUT2D eigenvalue weighted by atomic mass is 10.2. The molecular formula is C13H9ClN4O2. The van der Waals surface area contributed by atoms with Gasteiger partial charge in [-0.1, -0.05) is 11.6 Å². The number of hydrogen-bond acceptors (Lipinski definition) is 5. The van der Waals surface area contributed by atoms with Crippen molar-refractivity contribution in [2.75, 3.05) is 7.11 Å². The zero-order valence-corrected chi connectivity index (χ0v) is 11.2. The van der Waals surface area contributed by atoms with E-state index < -0.39 is 0 Å². The molecule has 2 heterocycles. The van der Waals surface area contributed by atoms with Gasteiger partial charge in [-0.05, 0) is 24.3 Å². The lowest BCUT2D eigenvalue weighted by Crippen LogP contribution is -2.02. The lowest BCUT2D eigenvalue weighted by molar-refractivity contribution is 0.0601. The van der Waals surface area contributed by atoms with Crippen molar-refractivity contribution in [1.82, 2.24) is 19.7 Å². The molecule has 1 aromatic carbocycles. The average molecular weight is 289 g/mol. The van der Waals surface area contributed by atoms with E-state index in [9.17, 15) is 4.79 Å². The van der Waals surface area contributed by atoms with Gasteiger partial charge in [-0.2, -0.15) is 5.10 Å². The van der Waals surface area contributed by atoms with Gasteiger partial charge in [0, 0.05) is 0 Å². The van der Waals surface area contributed by atoms with Gasteiger partial charge in [0.05, 0.1) is 29.9 Å². The van der Waals surface area contributed by atoms with E-state index in [-0.39, 0.29) is 5.97 Å². The Kier molecular flexibility index (Phi) is 3.08. The second-order valence-corrected chi connectivity index (χ2v) is 4.35. The Morgan fingerprint density at radius 1 is 1.25 bits per heavy atom. The zero-order valence-electron chi connectivity index (χ0n) is 10.4. The number of esters is 1. The minimum absolute atomic E-state index is 0.354. The summed E-state index contributed by atoms with van der Waals surface area (Å²) < 4.78 is 6.28. The standard InChI is InChI=1S/C13H9ClN4O2/c1-20-13(19)8-2-4-9(5-3-8)18-12-10(6-17-18)11(14)15-7-16-12/h2-7H,1H3. The Labute approximate surface area is 119 Å². The number of rotatable bonds is 2. The van der Waals surface area contributed by atoms with Crippen LogP contribution >= 0.6 is 11.6 Å². The maximum absolute atomic E-state index is 11.4. The van der Waals surface area contributed by atoms with Crippen molar-refractivity contribution < 1.29 is 9.53 Å². The first-order chi connectivity index (χ1) is 9.70. The third-order valence-corrected chi connectivity index (χ3v) is 3.15. The number of carbonyl (C=O) groups is 1. The van der Waals surface area contributed by atoms with Gasteiger partial charge >= 0.3 is 5.97 Å². The normalized spacial score (nSPS) is 10.7. The Hall–Kier alpha value is -2.47. The Balaban J connectivity index is 2.07. The Morgan fingerprint density at radius 3 is 2.70 bits per heavy atom. The summed E-state index contributed by atoms with van der Waals surface area (Å²) in [4.78, 5) is 19.5. The number of nitrogens with zero attached hydrogens (tertiary/aromatic N) is 4. The molecule has 3 aromatic rings. The third-order valence-electron chi connectivity index (χ3n) is 2.85. The molecule has 0 atom stereocenters. The van der Waals surface area contributed by atoms with Gasteiger partial charge in [-0.15, -0.1) is 0 Å². The highest BCUT2D eigenvalue weighted by molar-refractivity contribution is 6.33. The molecule has 0 aliphatic carbocycles. The van der Waals surface area contributed by atoms with Crippen LogP contribution in [-0.4, -0.2) is 32.8 Å². The summed E-state index contributed by atoms with van der Waals surface area (Å²) >= 11 is 5.98. The first-order valence-corrected chi connectivity index (χ1v) is 6.11. The molecule has 0 amide bonds. The molecule has 0 unspecified atom stereocenters. The molecule has 0 bridgehead atoms. The number of halogens is 1. The van der Waals surface area contributed by atoms with Gasteiger partial charge in [0.25, 0.3) is 0 Å². The van der Waals surface area contributed by atoms with Crippen LogP contribution in [0.5, 0.6) is 0 Å². The second kappa shape index (κ2) is 4.90. The lowest BCUT2D eigenvalue weighted by Gasteiger charge is -2.04. The van der Waals surface area contributed by atoms with Crippen LogP contribution in [0.4, 0.5) is 0 Å². The fourth-order valence-corrected chi connectivity index (χ4v) is 2.04. The van der Waals surface area contributed by atoms with Crippen molar-refractivity contribution in [1.29, 1.82) is 0 Å². The number of aromatic nitrogens is 4. The summed E-state index contributed by atoms with van der Waals surface area (Å²) in [6, 6.07) is 6.85. The molecule has 0 N–H and O–H groups in total. The smallest absolute Gasteiger partial charge is 0.337 e. The molecule has 0 fully saturated rings. The van der Waals surface area contributed by atoms with E-state index in [1.54, 1.807) is 35.1 Å². The monoisotopic (exact) mass is 288 g/mol. The number of methoxy groups -OCH3 is 1. The fourth-order valence-electron chi connectivity index (χ4n) is 1.86. The van der Waals surface area contributed by atoms with Gasteiger partial charge in [0.2, 0.25) is 0 Å². The van der Waals surface area contributed by atoms with Crippen molar-refractivity contribution in [2.45, 2.75) is 0 Å². The van der Waals surface area contributed by atoms with Crippen LogP contribution in [0.2, 0.25) is 5.15 Å². The van der Waals surface area contributed by atoms with Crippen molar-refractivity contribution in [3.8, 4) is 5.69 Å². The largest absolute Gasteiger partial charge is 0.465 e. The summed E-state index contributed by atoms with van der Waals surface area (Å²) in [6.07, 6.45) is 2.98. The van der Waals surface area contributed by atoms with Gasteiger partial charge < -0.3 is 4.74 Å². The maximum Gasteiger partial charge on any atom is 0.337 e. The number of ether oxygens (including phenoxy) is 1. The first kappa shape index (κ1) is 12.6. The highest BCUT2D eigenvalue weighted by Crippen LogP contribution is 2.21. The van der Waals surface area contributed by atoms with Gasteiger partial charge in [-0.3, -0.25) is 0 Å². The molecular weight excluding hydrogens is 280 g/mol. The van der Waals surface area contributed by atoms with Crippen LogP contribution in [0.3, 0.4) is 0 Å². The molecule has 7 heteroatoms. The van der Waals surface area contributed by atoms with E-state index in [1.807, 2.05) is 0 Å². The molecule has 0 saturated carbocycles. The topological polar surface area (TPSA) is 69.9 Å². The van der Waals surface area contributed by atoms with Crippen molar-refractivity contribution >= 4 is 28.6 Å². The molecule has 0 aliphatic rings. The quantitative estimate of drug-likeness (QED) is 0.534. The average Bonchev–Trinajstić information content (AvgIpc) is 2.92. The van der Waals surface area contributed by atoms with Crippen molar-refractivity contribution in [3.05, 3.63) is 47.5 Å². The molecule has 20 heavy (non-hydrogen) atoms. The molecule has 0 aliphatic heterocycles. The summed E-state index contributed by atoms with van der Waals surface area (Å²) in [5, 5.41) is 5.26. The van der Waals surface area contributed by atoms with Crippen molar-refractivity contribution in [3.63, 3.8) is 0 Å². The second-order valence-electron chi connectivity index (χ2n) is 4.00. The maximum atomic E-state index is 11.4. The highest BCUT2D eigenvalue weighted by Gasteiger charge is 2.10. The highest BCUT2D eigenvalue weighted by atomic mass is 35.5. The Morgan fingerprint density at radius 2 is 2.00 bits per heavy atom. The van der Waals surface area contributed by atoms with E-state index in [4.69, 9.17) is 11.6 Å². The van der Waals surface area contributed by atoms with E-state index in [0.717, 1.165) is 5.69 Å². The van der Waals surface area contributed by atoms with E-state index in [0.29, 0.717) is 21.7 Å². The van der Waals surface area contributed by atoms with Gasteiger partial charge in [0.15, 0.2) is 5.65 Å². The summed E-state index contributed by atoms with van der Waals surface area (Å²) in [6.45, 7) is 0. The third kappa shape index (κ3) is 2.00. The predicted molar refractivity (Wildman–Crippen MR) is 73.0 cm³/mol. The molecule has 3 rings (SSSR count). The predicted octanol–water partition coefficient (Wildman–Crippen LogP) is 2.26. The van der Waals surface area contributed by atoms with E-state index >= 15 is 0 Å². The molecule has 0 saturated heterocycles. The molecule has 0 radical (unpaired) electrons. The molecule has 6 nitrogen and oxygen atoms in total. The summed E-state index contributed by atoms with van der Waals surface area (Å²) in [7, 11) is 1.34. The van der Waals surface area contributed by atoms with Gasteiger partial charge in [0.1, 0.15) is 11.5 Å². The zero-order chi connectivity index (χ0) is 14.1. The molecule has 2 aromatic heterocycles. The SMILES string of the molecule is COC(=O)c1ccc(-n2ncc3c(Cl)ncnc32)cc1. The van der Waals surface area contributed by atoms with Crippen LogP contribution in [0.25, 0.3) is 16.7 Å². The number of hydrogen-bond donors (Lipinski definition) is 0. The Bertz CT molecular complexity index is 783. The minimum atomic E-state index is -0.382. The van der Waals surface area contributed by atoms with Crippen LogP contribution < -0.4 is 0 Å². The number of carbonyl (C=O) groups excluding carboxylic acids is 1. The molecule has 0 spiro atoms. The van der Waals surface area contributed by atoms with Gasteiger partial charge in [-0.25, -0.2) is 19.4 Å². The minimum Gasteiger partial charge on any atom is -0.465 e. The van der Waals surface area contributed by atoms with Crippen LogP contribution in [0.1, 0.15) is 10.4 Å².